The molecule has 1 atom stereocenters. The fourth-order valence-corrected chi connectivity index (χ4v) is 2.68. The molecule has 1 unspecified atom stereocenters. The van der Waals surface area contributed by atoms with Crippen LogP contribution < -0.4 is 0 Å². The van der Waals surface area contributed by atoms with E-state index in [1.807, 2.05) is 0 Å². The lowest BCUT2D eigenvalue weighted by molar-refractivity contribution is -0.0951. The van der Waals surface area contributed by atoms with Crippen molar-refractivity contribution in [3.05, 3.63) is 5.82 Å². The van der Waals surface area contributed by atoms with E-state index in [1.54, 1.807) is 0 Å². The highest BCUT2D eigenvalue weighted by molar-refractivity contribution is 8.13. The Labute approximate surface area is 115 Å². The summed E-state index contributed by atoms with van der Waals surface area (Å²) in [6.07, 6.45) is -0.453. The second kappa shape index (κ2) is 6.14. The summed E-state index contributed by atoms with van der Waals surface area (Å²) >= 11 is 0. The maximum absolute atomic E-state index is 11.4. The largest absolute Gasteiger partial charge is 0.383 e. The van der Waals surface area contributed by atoms with Gasteiger partial charge in [0, 0.05) is 17.8 Å². The van der Waals surface area contributed by atoms with Gasteiger partial charge in [0.15, 0.2) is 5.82 Å². The third kappa shape index (κ3) is 3.42. The molecule has 2 rings (SSSR count). The van der Waals surface area contributed by atoms with Gasteiger partial charge >= 0.3 is 0 Å². The molecule has 1 aromatic heterocycles. The first-order valence-corrected chi connectivity index (χ1v) is 7.91. The molecule has 1 saturated heterocycles. The highest BCUT2D eigenvalue weighted by Crippen LogP contribution is 2.23. The molecule has 8 nitrogen and oxygen atoms in total. The van der Waals surface area contributed by atoms with Crippen LogP contribution in [0.1, 0.15) is 11.9 Å². The molecule has 0 spiro atoms. The van der Waals surface area contributed by atoms with Crippen LogP contribution in [0.5, 0.6) is 0 Å². The SMILES string of the molecule is COCCn1c(C2COCCO2)nnc1S(=O)(=O)Cl. The fraction of sp³-hybridized carbons (Fsp3) is 0.778. The average Bonchev–Trinajstić information content (AvgIpc) is 2.81. The Morgan fingerprint density at radius 1 is 1.47 bits per heavy atom. The first-order valence-electron chi connectivity index (χ1n) is 5.60. The van der Waals surface area contributed by atoms with Crippen LogP contribution in [0.3, 0.4) is 0 Å². The summed E-state index contributed by atoms with van der Waals surface area (Å²) in [4.78, 5) is 0. The Balaban J connectivity index is 2.34. The van der Waals surface area contributed by atoms with Crippen LogP contribution in [0, 0.1) is 0 Å². The van der Waals surface area contributed by atoms with Gasteiger partial charge in [-0.25, -0.2) is 8.42 Å². The summed E-state index contributed by atoms with van der Waals surface area (Å²) < 4.78 is 40.0. The monoisotopic (exact) mass is 311 g/mol. The number of halogens is 1. The van der Waals surface area contributed by atoms with Crippen LogP contribution in [0.4, 0.5) is 0 Å². The second-order valence-corrected chi connectivity index (χ2v) is 6.32. The molecule has 2 heterocycles. The zero-order chi connectivity index (χ0) is 13.9. The van der Waals surface area contributed by atoms with Gasteiger partial charge in [-0.3, -0.25) is 4.57 Å². The lowest BCUT2D eigenvalue weighted by Gasteiger charge is -2.22. The molecule has 10 heteroatoms. The quantitative estimate of drug-likeness (QED) is 0.703. The third-order valence-electron chi connectivity index (χ3n) is 2.59. The minimum Gasteiger partial charge on any atom is -0.383 e. The van der Waals surface area contributed by atoms with Gasteiger partial charge in [-0.2, -0.15) is 0 Å². The van der Waals surface area contributed by atoms with Gasteiger partial charge < -0.3 is 14.2 Å². The van der Waals surface area contributed by atoms with Crippen molar-refractivity contribution >= 4 is 19.7 Å². The fourth-order valence-electron chi connectivity index (χ4n) is 1.75. The first-order chi connectivity index (χ1) is 9.04. The molecule has 108 valence electrons. The summed E-state index contributed by atoms with van der Waals surface area (Å²) in [6, 6.07) is 0. The summed E-state index contributed by atoms with van der Waals surface area (Å²) in [7, 11) is 2.87. The minimum atomic E-state index is -3.97. The molecule has 1 aliphatic rings. The maximum atomic E-state index is 11.4. The Morgan fingerprint density at radius 3 is 2.84 bits per heavy atom. The third-order valence-corrected chi connectivity index (χ3v) is 3.74. The van der Waals surface area contributed by atoms with Crippen LogP contribution >= 0.6 is 10.7 Å². The first kappa shape index (κ1) is 14.7. The van der Waals surface area contributed by atoms with Crippen molar-refractivity contribution in [1.29, 1.82) is 0 Å². The van der Waals surface area contributed by atoms with Gasteiger partial charge in [0.1, 0.15) is 6.10 Å². The van der Waals surface area contributed by atoms with E-state index in [2.05, 4.69) is 10.2 Å². The van der Waals surface area contributed by atoms with Crippen LogP contribution in [-0.4, -0.2) is 56.7 Å². The molecule has 0 saturated carbocycles. The molecule has 19 heavy (non-hydrogen) atoms. The zero-order valence-electron chi connectivity index (χ0n) is 10.3. The van der Waals surface area contributed by atoms with Crippen LogP contribution in [0.15, 0.2) is 5.16 Å². The molecule has 0 N–H and O–H groups in total. The number of methoxy groups -OCH3 is 1. The van der Waals surface area contributed by atoms with Gasteiger partial charge in [-0.1, -0.05) is 0 Å². The number of rotatable bonds is 5. The van der Waals surface area contributed by atoms with Crippen LogP contribution in [0.2, 0.25) is 0 Å². The van der Waals surface area contributed by atoms with Gasteiger partial charge in [0.25, 0.3) is 14.2 Å². The topological polar surface area (TPSA) is 92.5 Å². The molecule has 0 aromatic carbocycles. The molecular weight excluding hydrogens is 298 g/mol. The summed E-state index contributed by atoms with van der Waals surface area (Å²) in [6.45, 7) is 1.79. The molecule has 0 amide bonds. The average molecular weight is 312 g/mol. The predicted molar refractivity (Wildman–Crippen MR) is 64.4 cm³/mol. The van der Waals surface area contributed by atoms with Crippen molar-refractivity contribution in [2.75, 3.05) is 33.5 Å². The molecule has 1 aromatic rings. The normalized spacial score (nSPS) is 20.6. The van der Waals surface area contributed by atoms with Crippen molar-refractivity contribution in [3.63, 3.8) is 0 Å². The van der Waals surface area contributed by atoms with E-state index in [1.165, 1.54) is 11.7 Å². The van der Waals surface area contributed by atoms with Gasteiger partial charge in [-0.05, 0) is 0 Å². The van der Waals surface area contributed by atoms with E-state index in [4.69, 9.17) is 24.9 Å². The molecule has 0 bridgehead atoms. The van der Waals surface area contributed by atoms with E-state index >= 15 is 0 Å². The summed E-state index contributed by atoms with van der Waals surface area (Å²) in [5.41, 5.74) is 0. The lowest BCUT2D eigenvalue weighted by Crippen LogP contribution is -2.26. The second-order valence-electron chi connectivity index (χ2n) is 3.86. The van der Waals surface area contributed by atoms with Crippen molar-refractivity contribution in [2.24, 2.45) is 0 Å². The van der Waals surface area contributed by atoms with Gasteiger partial charge in [-0.15, -0.1) is 10.2 Å². The van der Waals surface area contributed by atoms with E-state index < -0.39 is 15.2 Å². The standard InChI is InChI=1S/C9H14ClN3O5S/c1-16-3-2-13-8(7-6-17-4-5-18-7)11-12-9(13)19(10,14)15/h7H,2-6H2,1H3. The molecule has 0 aliphatic carbocycles. The Hall–Kier alpha value is -0.740. The minimum absolute atomic E-state index is 0.264. The van der Waals surface area contributed by atoms with Crippen molar-refractivity contribution in [3.8, 4) is 0 Å². The van der Waals surface area contributed by atoms with Crippen molar-refractivity contribution < 1.29 is 22.6 Å². The smallest absolute Gasteiger partial charge is 0.296 e. The predicted octanol–water partition coefficient (Wildman–Crippen LogP) is -0.0601. The van der Waals surface area contributed by atoms with E-state index in [9.17, 15) is 8.42 Å². The van der Waals surface area contributed by atoms with Gasteiger partial charge in [0.2, 0.25) is 0 Å². The van der Waals surface area contributed by atoms with Crippen LogP contribution in [0.25, 0.3) is 0 Å². The van der Waals surface area contributed by atoms with Crippen LogP contribution in [-0.2, 0) is 29.8 Å². The van der Waals surface area contributed by atoms with Gasteiger partial charge in [0.05, 0.1) is 33.0 Å². The highest BCUT2D eigenvalue weighted by Gasteiger charge is 2.28. The molecular formula is C9H14ClN3O5S. The zero-order valence-corrected chi connectivity index (χ0v) is 11.9. The number of nitrogens with zero attached hydrogens (tertiary/aromatic N) is 3. The summed E-state index contributed by atoms with van der Waals surface area (Å²) in [5.74, 6) is 0.371. The Morgan fingerprint density at radius 2 is 2.26 bits per heavy atom. The highest BCUT2D eigenvalue weighted by atomic mass is 35.7. The molecule has 1 aliphatic heterocycles. The number of aromatic nitrogens is 3. The van der Waals surface area contributed by atoms with E-state index in [0.717, 1.165) is 0 Å². The molecule has 0 radical (unpaired) electrons. The lowest BCUT2D eigenvalue weighted by atomic mass is 10.3. The molecule has 1 fully saturated rings. The summed E-state index contributed by atoms with van der Waals surface area (Å²) in [5, 5.41) is 7.16. The van der Waals surface area contributed by atoms with Crippen molar-refractivity contribution in [1.82, 2.24) is 14.8 Å². The Bertz CT molecular complexity index is 526. The Kier molecular flexibility index (Phi) is 4.74. The number of ether oxygens (including phenoxy) is 3. The van der Waals surface area contributed by atoms with E-state index in [-0.39, 0.29) is 11.7 Å². The maximum Gasteiger partial charge on any atom is 0.296 e. The van der Waals surface area contributed by atoms with E-state index in [0.29, 0.717) is 32.3 Å². The number of hydrogen-bond acceptors (Lipinski definition) is 7. The van der Waals surface area contributed by atoms with Crippen molar-refractivity contribution in [2.45, 2.75) is 17.8 Å². The number of hydrogen-bond donors (Lipinski definition) is 0.